The van der Waals surface area contributed by atoms with Crippen LogP contribution < -0.4 is 10.1 Å². The Morgan fingerprint density at radius 2 is 1.88 bits per heavy atom. The number of non-ortho nitro benzene ring substituents is 1. The quantitative estimate of drug-likeness (QED) is 0.436. The zero-order chi connectivity index (χ0) is 18.2. The van der Waals surface area contributed by atoms with E-state index in [-0.39, 0.29) is 18.1 Å². The fourth-order valence-electron chi connectivity index (χ4n) is 2.09. The normalized spacial score (nSPS) is 11.4. The summed E-state index contributed by atoms with van der Waals surface area (Å²) in [6.07, 6.45) is 0.667. The van der Waals surface area contributed by atoms with Gasteiger partial charge in [-0.25, -0.2) is 0 Å². The van der Waals surface area contributed by atoms with Crippen LogP contribution in [0.1, 0.15) is 22.0 Å². The van der Waals surface area contributed by atoms with E-state index in [1.807, 2.05) is 0 Å². The van der Waals surface area contributed by atoms with Gasteiger partial charge in [0.1, 0.15) is 12.4 Å². The molecule has 0 bridgehead atoms. The lowest BCUT2D eigenvalue weighted by Gasteiger charge is -2.12. The average molecular weight is 342 g/mol. The van der Waals surface area contributed by atoms with Crippen LogP contribution in [0.15, 0.2) is 61.2 Å². The number of hydrogen-bond acceptors (Lipinski definition) is 5. The molecule has 1 amide bonds. The van der Waals surface area contributed by atoms with Crippen molar-refractivity contribution in [3.63, 3.8) is 0 Å². The van der Waals surface area contributed by atoms with E-state index in [4.69, 9.17) is 4.74 Å². The minimum atomic E-state index is -0.958. The number of rotatable bonds is 8. The number of hydrogen-bond donors (Lipinski definition) is 2. The first-order valence-electron chi connectivity index (χ1n) is 7.55. The maximum atomic E-state index is 12.1. The number of carbonyl (C=O) groups excluding carboxylic acids is 1. The molecule has 0 fully saturated rings. The van der Waals surface area contributed by atoms with Crippen molar-refractivity contribution in [3.05, 3.63) is 82.4 Å². The third-order valence-corrected chi connectivity index (χ3v) is 3.43. The van der Waals surface area contributed by atoms with Crippen LogP contribution in [0.2, 0.25) is 0 Å². The Bertz CT molecular complexity index is 741. The van der Waals surface area contributed by atoms with Crippen LogP contribution >= 0.6 is 0 Å². The van der Waals surface area contributed by atoms with E-state index in [0.717, 1.165) is 0 Å². The Morgan fingerprint density at radius 3 is 2.44 bits per heavy atom. The molecule has 130 valence electrons. The zero-order valence-corrected chi connectivity index (χ0v) is 13.4. The Kier molecular flexibility index (Phi) is 6.25. The Balaban J connectivity index is 1.90. The molecule has 0 aliphatic carbocycles. The van der Waals surface area contributed by atoms with Gasteiger partial charge >= 0.3 is 0 Å². The summed E-state index contributed by atoms with van der Waals surface area (Å²) in [5.41, 5.74) is 0.861. The highest BCUT2D eigenvalue weighted by Gasteiger charge is 2.13. The Hall–Kier alpha value is -3.19. The van der Waals surface area contributed by atoms with E-state index in [2.05, 4.69) is 11.9 Å². The van der Waals surface area contributed by atoms with Gasteiger partial charge in [-0.05, 0) is 42.0 Å². The summed E-state index contributed by atoms with van der Waals surface area (Å²) in [6.45, 7) is 3.93. The summed E-state index contributed by atoms with van der Waals surface area (Å²) in [6, 6.07) is 12.1. The second kappa shape index (κ2) is 8.60. The minimum Gasteiger partial charge on any atom is -0.490 e. The van der Waals surface area contributed by atoms with Crippen molar-refractivity contribution in [1.29, 1.82) is 0 Å². The van der Waals surface area contributed by atoms with Crippen molar-refractivity contribution in [1.82, 2.24) is 5.32 Å². The molecular formula is C18H18N2O5. The molecule has 0 aromatic heterocycles. The molecule has 0 aliphatic rings. The monoisotopic (exact) mass is 342 g/mol. The fourth-order valence-corrected chi connectivity index (χ4v) is 2.09. The smallest absolute Gasteiger partial charge is 0.269 e. The number of nitro benzene ring substituents is 1. The van der Waals surface area contributed by atoms with Crippen LogP contribution in [0.5, 0.6) is 5.75 Å². The van der Waals surface area contributed by atoms with Gasteiger partial charge in [0.2, 0.25) is 0 Å². The molecule has 0 heterocycles. The molecule has 2 rings (SSSR count). The van der Waals surface area contributed by atoms with E-state index in [9.17, 15) is 20.0 Å². The first-order valence-corrected chi connectivity index (χ1v) is 7.55. The van der Waals surface area contributed by atoms with E-state index in [0.29, 0.717) is 23.5 Å². The van der Waals surface area contributed by atoms with Gasteiger partial charge in [0.15, 0.2) is 0 Å². The SMILES string of the molecule is C=CCOc1ccc(C(=O)NCC(O)c2ccc([N+](=O)[O-])cc2)cc1. The molecule has 0 spiro atoms. The lowest BCUT2D eigenvalue weighted by Crippen LogP contribution is -2.28. The number of aliphatic hydroxyl groups excluding tert-OH is 1. The summed E-state index contributed by atoms with van der Waals surface area (Å²) < 4.78 is 5.33. The molecule has 2 aromatic rings. The summed E-state index contributed by atoms with van der Waals surface area (Å²) >= 11 is 0. The highest BCUT2D eigenvalue weighted by molar-refractivity contribution is 5.94. The number of benzene rings is 2. The van der Waals surface area contributed by atoms with Crippen molar-refractivity contribution in [2.75, 3.05) is 13.2 Å². The number of nitrogens with one attached hydrogen (secondary N) is 1. The third kappa shape index (κ3) is 5.15. The van der Waals surface area contributed by atoms with Crippen LogP contribution in [0.4, 0.5) is 5.69 Å². The predicted molar refractivity (Wildman–Crippen MR) is 92.5 cm³/mol. The van der Waals surface area contributed by atoms with Crippen molar-refractivity contribution in [3.8, 4) is 5.75 Å². The largest absolute Gasteiger partial charge is 0.490 e. The van der Waals surface area contributed by atoms with Crippen LogP contribution in [0.3, 0.4) is 0 Å². The molecule has 1 atom stereocenters. The van der Waals surface area contributed by atoms with E-state index in [1.165, 1.54) is 24.3 Å². The van der Waals surface area contributed by atoms with Crippen molar-refractivity contribution >= 4 is 11.6 Å². The number of nitrogens with zero attached hydrogens (tertiary/aromatic N) is 1. The average Bonchev–Trinajstić information content (AvgIpc) is 2.64. The molecule has 0 aliphatic heterocycles. The standard InChI is InChI=1S/C18H18N2O5/c1-2-11-25-16-9-5-14(6-10-16)18(22)19-12-17(21)13-3-7-15(8-4-13)20(23)24/h2-10,17,21H,1,11-12H2,(H,19,22). The number of amides is 1. The second-order valence-electron chi connectivity index (χ2n) is 5.20. The molecular weight excluding hydrogens is 324 g/mol. The van der Waals surface area contributed by atoms with Gasteiger partial charge in [-0.3, -0.25) is 14.9 Å². The zero-order valence-electron chi connectivity index (χ0n) is 13.4. The van der Waals surface area contributed by atoms with Crippen molar-refractivity contribution < 1.29 is 19.6 Å². The first-order chi connectivity index (χ1) is 12.0. The topological polar surface area (TPSA) is 102 Å². The summed E-state index contributed by atoms with van der Waals surface area (Å²) in [5.74, 6) is 0.290. The molecule has 2 N–H and O–H groups in total. The molecule has 25 heavy (non-hydrogen) atoms. The maximum absolute atomic E-state index is 12.1. The molecule has 0 radical (unpaired) electrons. The summed E-state index contributed by atoms with van der Waals surface area (Å²) in [5, 5.41) is 23.3. The molecule has 7 heteroatoms. The van der Waals surface area contributed by atoms with Gasteiger partial charge < -0.3 is 15.2 Å². The van der Waals surface area contributed by atoms with Gasteiger partial charge in [0, 0.05) is 24.2 Å². The predicted octanol–water partition coefficient (Wildman–Crippen LogP) is 2.62. The Morgan fingerprint density at radius 1 is 1.24 bits per heavy atom. The van der Waals surface area contributed by atoms with Gasteiger partial charge in [-0.1, -0.05) is 12.7 Å². The number of ether oxygens (including phenoxy) is 1. The van der Waals surface area contributed by atoms with Crippen LogP contribution in [-0.4, -0.2) is 29.1 Å². The summed E-state index contributed by atoms with van der Waals surface area (Å²) in [7, 11) is 0. The Labute approximate surface area is 144 Å². The van der Waals surface area contributed by atoms with E-state index < -0.39 is 11.0 Å². The number of aliphatic hydroxyl groups is 1. The summed E-state index contributed by atoms with van der Waals surface area (Å²) in [4.78, 5) is 22.2. The lowest BCUT2D eigenvalue weighted by atomic mass is 10.1. The molecule has 7 nitrogen and oxygen atoms in total. The highest BCUT2D eigenvalue weighted by atomic mass is 16.6. The van der Waals surface area contributed by atoms with Crippen molar-refractivity contribution in [2.45, 2.75) is 6.10 Å². The van der Waals surface area contributed by atoms with Gasteiger partial charge in [0.05, 0.1) is 11.0 Å². The van der Waals surface area contributed by atoms with Gasteiger partial charge in [-0.15, -0.1) is 0 Å². The minimum absolute atomic E-state index is 0.00857. The molecule has 2 aromatic carbocycles. The molecule has 0 saturated heterocycles. The lowest BCUT2D eigenvalue weighted by molar-refractivity contribution is -0.384. The van der Waals surface area contributed by atoms with Crippen LogP contribution in [0.25, 0.3) is 0 Å². The van der Waals surface area contributed by atoms with E-state index in [1.54, 1.807) is 30.3 Å². The van der Waals surface area contributed by atoms with Crippen LogP contribution in [0, 0.1) is 10.1 Å². The van der Waals surface area contributed by atoms with Crippen molar-refractivity contribution in [2.24, 2.45) is 0 Å². The number of nitro groups is 1. The second-order valence-corrected chi connectivity index (χ2v) is 5.20. The first kappa shape index (κ1) is 18.2. The molecule has 1 unspecified atom stereocenters. The van der Waals surface area contributed by atoms with Gasteiger partial charge in [-0.2, -0.15) is 0 Å². The molecule has 0 saturated carbocycles. The highest BCUT2D eigenvalue weighted by Crippen LogP contribution is 2.17. The number of carbonyl (C=O) groups is 1. The van der Waals surface area contributed by atoms with E-state index >= 15 is 0 Å². The van der Waals surface area contributed by atoms with Crippen LogP contribution in [-0.2, 0) is 0 Å². The maximum Gasteiger partial charge on any atom is 0.269 e. The fraction of sp³-hybridized carbons (Fsp3) is 0.167. The third-order valence-electron chi connectivity index (χ3n) is 3.43. The van der Waals surface area contributed by atoms with Gasteiger partial charge in [0.25, 0.3) is 11.6 Å².